The Morgan fingerprint density at radius 2 is 1.74 bits per heavy atom. The van der Waals surface area contributed by atoms with E-state index in [1.54, 1.807) is 6.92 Å². The van der Waals surface area contributed by atoms with Gasteiger partial charge in [0.25, 0.3) is 11.5 Å². The molecule has 5 nitrogen and oxygen atoms in total. The van der Waals surface area contributed by atoms with Gasteiger partial charge in [-0.1, -0.05) is 11.6 Å². The minimum absolute atomic E-state index is 0.0530. The highest BCUT2D eigenvalue weighted by molar-refractivity contribution is 6.30. The second-order valence-corrected chi connectivity index (χ2v) is 6.38. The predicted molar refractivity (Wildman–Crippen MR) is 94.2 cm³/mol. The quantitative estimate of drug-likeness (QED) is 0.733. The molecule has 1 aromatic heterocycles. The zero-order chi connectivity index (χ0) is 19.9. The number of carbonyl (C=O) groups excluding carboxylic acids is 1. The third-order valence-electron chi connectivity index (χ3n) is 4.32. The zero-order valence-electron chi connectivity index (χ0n) is 14.2. The molecule has 0 unspecified atom stereocenters. The highest BCUT2D eigenvalue weighted by atomic mass is 35.5. The minimum atomic E-state index is -1.17. The van der Waals surface area contributed by atoms with Gasteiger partial charge in [0, 0.05) is 18.0 Å². The van der Waals surface area contributed by atoms with E-state index in [0.29, 0.717) is 0 Å². The van der Waals surface area contributed by atoms with E-state index in [-0.39, 0.29) is 27.1 Å². The van der Waals surface area contributed by atoms with E-state index in [1.807, 2.05) is 0 Å². The van der Waals surface area contributed by atoms with Gasteiger partial charge in [-0.25, -0.2) is 18.3 Å². The van der Waals surface area contributed by atoms with E-state index in [1.165, 1.54) is 24.1 Å². The maximum Gasteiger partial charge on any atom is 0.272 e. The first-order chi connectivity index (χ1) is 12.7. The number of hydrogen-bond acceptors (Lipinski definition) is 3. The molecule has 3 aromatic rings. The van der Waals surface area contributed by atoms with Crippen LogP contribution in [0.4, 0.5) is 13.2 Å². The largest absolute Gasteiger partial charge is 0.333 e. The summed E-state index contributed by atoms with van der Waals surface area (Å²) in [6.45, 7) is 1.59. The smallest absolute Gasteiger partial charge is 0.272 e. The lowest BCUT2D eigenvalue weighted by atomic mass is 10.0. The van der Waals surface area contributed by atoms with Crippen LogP contribution in [0.3, 0.4) is 0 Å². The highest BCUT2D eigenvalue weighted by Crippen LogP contribution is 2.26. The number of hydrogen-bond donors (Lipinski definition) is 1. The van der Waals surface area contributed by atoms with Gasteiger partial charge >= 0.3 is 0 Å². The van der Waals surface area contributed by atoms with Crippen molar-refractivity contribution in [3.63, 3.8) is 0 Å². The van der Waals surface area contributed by atoms with Crippen LogP contribution < -0.4 is 5.56 Å². The molecule has 0 aliphatic rings. The Morgan fingerprint density at radius 3 is 2.37 bits per heavy atom. The number of carbonyl (C=O) groups is 1. The van der Waals surface area contributed by atoms with Crippen molar-refractivity contribution in [3.05, 3.63) is 74.4 Å². The Bertz CT molecular complexity index is 1120. The number of rotatable bonds is 3. The van der Waals surface area contributed by atoms with Crippen molar-refractivity contribution in [2.75, 3.05) is 7.05 Å². The molecule has 0 bridgehead atoms. The second-order valence-electron chi connectivity index (χ2n) is 5.97. The van der Waals surface area contributed by atoms with Gasteiger partial charge in [0.2, 0.25) is 0 Å². The van der Waals surface area contributed by atoms with Crippen molar-refractivity contribution in [2.45, 2.75) is 13.0 Å². The average Bonchev–Trinajstić information content (AvgIpc) is 2.64. The molecule has 140 valence electrons. The predicted octanol–water partition coefficient (Wildman–Crippen LogP) is 3.83. The van der Waals surface area contributed by atoms with Crippen LogP contribution in [0, 0.1) is 17.5 Å². The SMILES string of the molecule is C[C@@H](c1n[nH]c(=O)c2cc(F)c(F)cc12)N(C)C(=O)c1ccc(Cl)c(F)c1. The molecule has 0 radical (unpaired) electrons. The number of H-pyrrole nitrogens is 1. The lowest BCUT2D eigenvalue weighted by molar-refractivity contribution is 0.0740. The van der Waals surface area contributed by atoms with Crippen molar-refractivity contribution in [1.82, 2.24) is 15.1 Å². The molecule has 0 aliphatic carbocycles. The van der Waals surface area contributed by atoms with Crippen molar-refractivity contribution in [3.8, 4) is 0 Å². The van der Waals surface area contributed by atoms with E-state index in [9.17, 15) is 22.8 Å². The molecular formula is C18H13ClF3N3O2. The second kappa shape index (κ2) is 7.03. The van der Waals surface area contributed by atoms with Crippen molar-refractivity contribution in [1.29, 1.82) is 0 Å². The maximum atomic E-state index is 13.7. The molecule has 1 atom stereocenters. The molecule has 0 saturated carbocycles. The molecule has 1 heterocycles. The van der Waals surface area contributed by atoms with Crippen molar-refractivity contribution >= 4 is 28.3 Å². The van der Waals surface area contributed by atoms with E-state index in [0.717, 1.165) is 18.2 Å². The monoisotopic (exact) mass is 395 g/mol. The maximum absolute atomic E-state index is 13.7. The van der Waals surface area contributed by atoms with Gasteiger partial charge in [-0.3, -0.25) is 9.59 Å². The van der Waals surface area contributed by atoms with Crippen molar-refractivity contribution in [2.24, 2.45) is 0 Å². The Labute approximate surface area is 156 Å². The fourth-order valence-corrected chi connectivity index (χ4v) is 2.81. The fraction of sp³-hybridized carbons (Fsp3) is 0.167. The number of nitrogens with one attached hydrogen (secondary N) is 1. The van der Waals surface area contributed by atoms with E-state index in [2.05, 4.69) is 10.2 Å². The number of aromatic nitrogens is 2. The first kappa shape index (κ1) is 18.9. The molecule has 1 amide bonds. The molecule has 3 rings (SSSR count). The molecule has 0 fully saturated rings. The number of nitrogens with zero attached hydrogens (tertiary/aromatic N) is 2. The summed E-state index contributed by atoms with van der Waals surface area (Å²) in [7, 11) is 1.44. The Kier molecular flexibility index (Phi) is 4.93. The van der Waals surface area contributed by atoms with Crippen LogP contribution in [-0.4, -0.2) is 28.1 Å². The van der Waals surface area contributed by atoms with Gasteiger partial charge in [-0.2, -0.15) is 5.10 Å². The van der Waals surface area contributed by atoms with E-state index >= 15 is 0 Å². The van der Waals surface area contributed by atoms with Gasteiger partial charge in [0.05, 0.1) is 22.1 Å². The molecule has 1 N–H and O–H groups in total. The topological polar surface area (TPSA) is 66.1 Å². The van der Waals surface area contributed by atoms with Gasteiger partial charge in [-0.15, -0.1) is 0 Å². The van der Waals surface area contributed by atoms with E-state index < -0.39 is 35.0 Å². The number of aromatic amines is 1. The normalized spacial score (nSPS) is 12.2. The van der Waals surface area contributed by atoms with Crippen LogP contribution in [0.5, 0.6) is 0 Å². The van der Waals surface area contributed by atoms with Gasteiger partial charge in [0.1, 0.15) is 5.82 Å². The minimum Gasteiger partial charge on any atom is -0.333 e. The lowest BCUT2D eigenvalue weighted by Gasteiger charge is -2.25. The van der Waals surface area contributed by atoms with Crippen LogP contribution in [0.15, 0.2) is 35.1 Å². The van der Waals surface area contributed by atoms with Crippen LogP contribution in [-0.2, 0) is 0 Å². The summed E-state index contributed by atoms with van der Waals surface area (Å²) < 4.78 is 40.8. The molecule has 2 aromatic carbocycles. The molecule has 0 saturated heterocycles. The molecular weight excluding hydrogens is 383 g/mol. The summed E-state index contributed by atoms with van der Waals surface area (Å²) >= 11 is 5.62. The number of fused-ring (bicyclic) bond motifs is 1. The van der Waals surface area contributed by atoms with Crippen molar-refractivity contribution < 1.29 is 18.0 Å². The van der Waals surface area contributed by atoms with E-state index in [4.69, 9.17) is 11.6 Å². The first-order valence-corrected chi connectivity index (χ1v) is 8.18. The average molecular weight is 396 g/mol. The molecule has 27 heavy (non-hydrogen) atoms. The van der Waals surface area contributed by atoms with Crippen LogP contribution in [0.25, 0.3) is 10.8 Å². The van der Waals surface area contributed by atoms with Gasteiger partial charge in [0.15, 0.2) is 11.6 Å². The summed E-state index contributed by atoms with van der Waals surface area (Å²) in [5.41, 5.74) is -0.473. The summed E-state index contributed by atoms with van der Waals surface area (Å²) in [4.78, 5) is 25.7. The highest BCUT2D eigenvalue weighted by Gasteiger charge is 2.24. The Balaban J connectivity index is 2.04. The number of benzene rings is 2. The van der Waals surface area contributed by atoms with Crippen LogP contribution in [0.2, 0.25) is 5.02 Å². The first-order valence-electron chi connectivity index (χ1n) is 7.80. The summed E-state index contributed by atoms with van der Waals surface area (Å²) in [5.74, 6) is -3.59. The molecule has 9 heteroatoms. The summed E-state index contributed by atoms with van der Waals surface area (Å²) in [5, 5.41) is 5.97. The standard InChI is InChI=1S/C18H13ClF3N3O2/c1-8(25(2)18(27)9-3-4-12(19)13(20)5-9)16-10-6-14(21)15(22)7-11(10)17(26)24-23-16/h3-8H,1-2H3,(H,24,26)/t8-/m0/s1. The number of halogens is 4. The zero-order valence-corrected chi connectivity index (χ0v) is 14.9. The number of amides is 1. The molecule has 0 spiro atoms. The Hall–Kier alpha value is -2.87. The fourth-order valence-electron chi connectivity index (χ4n) is 2.69. The van der Waals surface area contributed by atoms with Gasteiger partial charge in [-0.05, 0) is 37.3 Å². The third-order valence-corrected chi connectivity index (χ3v) is 4.63. The van der Waals surface area contributed by atoms with Gasteiger partial charge < -0.3 is 4.90 Å². The summed E-state index contributed by atoms with van der Waals surface area (Å²) in [6.07, 6.45) is 0. The van der Waals surface area contributed by atoms with Crippen LogP contribution in [0.1, 0.15) is 29.0 Å². The molecule has 0 aliphatic heterocycles. The Morgan fingerprint density at radius 1 is 1.11 bits per heavy atom. The lowest BCUT2D eigenvalue weighted by Crippen LogP contribution is -2.31. The van der Waals surface area contributed by atoms with Crippen LogP contribution >= 0.6 is 11.6 Å². The summed E-state index contributed by atoms with van der Waals surface area (Å²) in [6, 6.07) is 4.53. The third kappa shape index (κ3) is 3.40.